The zero-order chi connectivity index (χ0) is 21.3. The van der Waals surface area contributed by atoms with E-state index >= 15 is 0 Å². The number of benzene rings is 1. The summed E-state index contributed by atoms with van der Waals surface area (Å²) in [5.41, 5.74) is 4.81. The molecule has 8 heteroatoms. The Balaban J connectivity index is 1.58. The lowest BCUT2D eigenvalue weighted by atomic mass is 9.97. The largest absolute Gasteiger partial charge is 0.383 e. The molecule has 162 valence electrons. The highest BCUT2D eigenvalue weighted by Crippen LogP contribution is 2.26. The number of nitrogens with zero attached hydrogens (tertiary/aromatic N) is 5. The number of ether oxygens (including phenoxy) is 2. The fourth-order valence-electron chi connectivity index (χ4n) is 4.51. The molecule has 2 unspecified atom stereocenters. The molecule has 2 aromatic rings. The molecule has 0 aliphatic carbocycles. The quantitative estimate of drug-likeness (QED) is 0.745. The molecule has 1 aromatic carbocycles. The van der Waals surface area contributed by atoms with Gasteiger partial charge in [0.25, 0.3) is 5.91 Å². The maximum atomic E-state index is 13.1. The van der Waals surface area contributed by atoms with Gasteiger partial charge in [0.05, 0.1) is 30.2 Å². The Kier molecular flexibility index (Phi) is 6.17. The lowest BCUT2D eigenvalue weighted by molar-refractivity contribution is -0.0587. The number of morpholine rings is 1. The summed E-state index contributed by atoms with van der Waals surface area (Å²) in [6, 6.07) is 6.30. The Bertz CT molecular complexity index is 902. The minimum absolute atomic E-state index is 0.0234. The van der Waals surface area contributed by atoms with Gasteiger partial charge in [0.2, 0.25) is 0 Å². The summed E-state index contributed by atoms with van der Waals surface area (Å²) >= 11 is 0. The van der Waals surface area contributed by atoms with E-state index in [0.29, 0.717) is 18.8 Å². The molecule has 0 bridgehead atoms. The number of amides is 1. The smallest absolute Gasteiger partial charge is 0.276 e. The van der Waals surface area contributed by atoms with Crippen LogP contribution >= 0.6 is 0 Å². The van der Waals surface area contributed by atoms with Crippen molar-refractivity contribution in [2.45, 2.75) is 45.9 Å². The summed E-state index contributed by atoms with van der Waals surface area (Å²) in [5, 5.41) is 8.65. The highest BCUT2D eigenvalue weighted by Gasteiger charge is 2.30. The molecule has 0 radical (unpaired) electrons. The Morgan fingerprint density at radius 3 is 2.77 bits per heavy atom. The van der Waals surface area contributed by atoms with E-state index in [1.165, 1.54) is 11.1 Å². The number of hydrogen-bond acceptors (Lipinski definition) is 6. The minimum Gasteiger partial charge on any atom is -0.383 e. The van der Waals surface area contributed by atoms with E-state index in [2.05, 4.69) is 33.4 Å². The summed E-state index contributed by atoms with van der Waals surface area (Å²) in [5.74, 6) is -0.0729. The fourth-order valence-corrected chi connectivity index (χ4v) is 4.51. The summed E-state index contributed by atoms with van der Waals surface area (Å²) in [6.07, 6.45) is 0.988. The molecule has 8 nitrogen and oxygen atoms in total. The maximum absolute atomic E-state index is 13.1. The van der Waals surface area contributed by atoms with Gasteiger partial charge in [0.15, 0.2) is 5.69 Å². The van der Waals surface area contributed by atoms with Gasteiger partial charge in [-0.3, -0.25) is 9.69 Å². The van der Waals surface area contributed by atoms with Crippen LogP contribution in [-0.2, 0) is 22.4 Å². The first-order chi connectivity index (χ1) is 14.5. The molecule has 2 aliphatic heterocycles. The van der Waals surface area contributed by atoms with Crippen molar-refractivity contribution in [1.29, 1.82) is 0 Å². The van der Waals surface area contributed by atoms with Crippen LogP contribution in [0, 0.1) is 6.92 Å². The number of fused-ring (bicyclic) bond motifs is 1. The summed E-state index contributed by atoms with van der Waals surface area (Å²) in [4.78, 5) is 17.4. The maximum Gasteiger partial charge on any atom is 0.276 e. The minimum atomic E-state index is -0.0729. The molecule has 3 heterocycles. The number of rotatable bonds is 5. The van der Waals surface area contributed by atoms with Crippen molar-refractivity contribution in [3.63, 3.8) is 0 Å². The monoisotopic (exact) mass is 413 g/mol. The summed E-state index contributed by atoms with van der Waals surface area (Å²) in [6.45, 7) is 10.6. The van der Waals surface area contributed by atoms with E-state index in [4.69, 9.17) is 9.47 Å². The van der Waals surface area contributed by atoms with Gasteiger partial charge in [0, 0.05) is 39.8 Å². The fraction of sp³-hybridized carbons (Fsp3) is 0.591. The average Bonchev–Trinajstić information content (AvgIpc) is 3.11. The van der Waals surface area contributed by atoms with E-state index in [9.17, 15) is 4.79 Å². The SMILES string of the molecule is COCCN1CCc2c(cccc2-n2nnc(C(=O)N3CC(C)OC(C)C3)c2C)C1. The van der Waals surface area contributed by atoms with Gasteiger partial charge in [-0.1, -0.05) is 17.3 Å². The first-order valence-corrected chi connectivity index (χ1v) is 10.7. The zero-order valence-electron chi connectivity index (χ0n) is 18.3. The van der Waals surface area contributed by atoms with Crippen molar-refractivity contribution < 1.29 is 14.3 Å². The molecule has 1 aromatic heterocycles. The molecular weight excluding hydrogens is 382 g/mol. The molecule has 4 rings (SSSR count). The van der Waals surface area contributed by atoms with Crippen molar-refractivity contribution in [3.05, 3.63) is 40.7 Å². The van der Waals surface area contributed by atoms with Crippen molar-refractivity contribution >= 4 is 5.91 Å². The van der Waals surface area contributed by atoms with Crippen LogP contribution in [0.25, 0.3) is 5.69 Å². The topological polar surface area (TPSA) is 72.7 Å². The summed E-state index contributed by atoms with van der Waals surface area (Å²) < 4.78 is 12.8. The lowest BCUT2D eigenvalue weighted by Gasteiger charge is -2.34. The van der Waals surface area contributed by atoms with Gasteiger partial charge < -0.3 is 14.4 Å². The molecule has 1 amide bonds. The van der Waals surface area contributed by atoms with E-state index in [1.54, 1.807) is 7.11 Å². The van der Waals surface area contributed by atoms with Crippen LogP contribution in [0.3, 0.4) is 0 Å². The number of hydrogen-bond donors (Lipinski definition) is 0. The number of carbonyl (C=O) groups excluding carboxylic acids is 1. The van der Waals surface area contributed by atoms with Gasteiger partial charge in [-0.15, -0.1) is 5.10 Å². The van der Waals surface area contributed by atoms with Gasteiger partial charge in [0.1, 0.15) is 0 Å². The lowest BCUT2D eigenvalue weighted by Crippen LogP contribution is -2.48. The van der Waals surface area contributed by atoms with Crippen LogP contribution in [-0.4, -0.2) is 82.8 Å². The number of aromatic nitrogens is 3. The number of methoxy groups -OCH3 is 1. The molecule has 2 atom stereocenters. The standard InChI is InChI=1S/C22H31N5O3/c1-15-12-26(13-16(2)30-15)22(28)21-17(3)27(24-23-21)20-7-5-6-18-14-25(10-11-29-4)9-8-19(18)20/h5-7,15-16H,8-14H2,1-4H3. The average molecular weight is 414 g/mol. The second-order valence-electron chi connectivity index (χ2n) is 8.34. The second kappa shape index (κ2) is 8.83. The third-order valence-corrected chi connectivity index (χ3v) is 5.96. The second-order valence-corrected chi connectivity index (χ2v) is 8.34. The Morgan fingerprint density at radius 1 is 1.27 bits per heavy atom. The van der Waals surface area contributed by atoms with Crippen LogP contribution in [0.1, 0.15) is 41.2 Å². The first kappa shape index (κ1) is 21.0. The highest BCUT2D eigenvalue weighted by molar-refractivity contribution is 5.93. The van der Waals surface area contributed by atoms with Crippen LogP contribution in [0.15, 0.2) is 18.2 Å². The predicted octanol–water partition coefficient (Wildman–Crippen LogP) is 1.83. The van der Waals surface area contributed by atoms with E-state index in [0.717, 1.165) is 44.0 Å². The van der Waals surface area contributed by atoms with Crippen LogP contribution in [0.5, 0.6) is 0 Å². The van der Waals surface area contributed by atoms with E-state index in [1.807, 2.05) is 30.4 Å². The molecule has 1 saturated heterocycles. The zero-order valence-corrected chi connectivity index (χ0v) is 18.3. The highest BCUT2D eigenvalue weighted by atomic mass is 16.5. The predicted molar refractivity (Wildman–Crippen MR) is 113 cm³/mol. The van der Waals surface area contributed by atoms with E-state index in [-0.39, 0.29) is 18.1 Å². The van der Waals surface area contributed by atoms with Gasteiger partial charge >= 0.3 is 0 Å². The van der Waals surface area contributed by atoms with Gasteiger partial charge in [-0.25, -0.2) is 4.68 Å². The molecule has 0 spiro atoms. The third-order valence-electron chi connectivity index (χ3n) is 5.96. The Hall–Kier alpha value is -2.29. The van der Waals surface area contributed by atoms with Crippen molar-refractivity contribution in [2.75, 3.05) is 39.9 Å². The van der Waals surface area contributed by atoms with Gasteiger partial charge in [-0.05, 0) is 44.4 Å². The van der Waals surface area contributed by atoms with Crippen LogP contribution in [0.2, 0.25) is 0 Å². The molecule has 0 saturated carbocycles. The molecular formula is C22H31N5O3. The van der Waals surface area contributed by atoms with Crippen molar-refractivity contribution in [3.8, 4) is 5.69 Å². The first-order valence-electron chi connectivity index (χ1n) is 10.7. The Labute approximate surface area is 177 Å². The van der Waals surface area contributed by atoms with Crippen molar-refractivity contribution in [1.82, 2.24) is 24.8 Å². The van der Waals surface area contributed by atoms with Gasteiger partial charge in [-0.2, -0.15) is 0 Å². The molecule has 2 aliphatic rings. The normalized spacial score (nSPS) is 22.2. The third kappa shape index (κ3) is 4.12. The molecule has 0 N–H and O–H groups in total. The Morgan fingerprint density at radius 2 is 2.03 bits per heavy atom. The summed E-state index contributed by atoms with van der Waals surface area (Å²) in [7, 11) is 1.74. The van der Waals surface area contributed by atoms with Crippen molar-refractivity contribution in [2.24, 2.45) is 0 Å². The van der Waals surface area contributed by atoms with Crippen LogP contribution < -0.4 is 0 Å². The van der Waals surface area contributed by atoms with E-state index < -0.39 is 0 Å². The molecule has 30 heavy (non-hydrogen) atoms. The number of carbonyl (C=O) groups is 1. The molecule has 1 fully saturated rings. The van der Waals surface area contributed by atoms with Crippen LogP contribution in [0.4, 0.5) is 0 Å².